The third-order valence-corrected chi connectivity index (χ3v) is 4.82. The van der Waals surface area contributed by atoms with Gasteiger partial charge in [0.1, 0.15) is 5.75 Å². The molecule has 0 amide bonds. The van der Waals surface area contributed by atoms with Crippen LogP contribution in [0.5, 0.6) is 5.75 Å². The normalized spacial score (nSPS) is 20.8. The monoisotopic (exact) mass is 289 g/mol. The molecule has 3 aromatic carbocycles. The maximum Gasteiger partial charge on any atom is 0.120 e. The molecular weight excluding hydrogens is 270 g/mol. The van der Waals surface area contributed by atoms with Gasteiger partial charge < -0.3 is 10.8 Å². The van der Waals surface area contributed by atoms with E-state index < -0.39 is 0 Å². The molecular formula is C20H19NO. The first-order chi connectivity index (χ1) is 10.8. The van der Waals surface area contributed by atoms with E-state index in [0.717, 1.165) is 29.2 Å². The smallest absolute Gasteiger partial charge is 0.120 e. The van der Waals surface area contributed by atoms with Crippen molar-refractivity contribution in [2.24, 2.45) is 5.73 Å². The van der Waals surface area contributed by atoms with Crippen LogP contribution in [0, 0.1) is 0 Å². The molecule has 0 radical (unpaired) electrons. The van der Waals surface area contributed by atoms with Crippen molar-refractivity contribution in [3.63, 3.8) is 0 Å². The molecule has 2 unspecified atom stereocenters. The number of nitrogens with two attached hydrogens (primary N) is 1. The highest BCUT2D eigenvalue weighted by Gasteiger charge is 2.31. The van der Waals surface area contributed by atoms with Gasteiger partial charge in [0.2, 0.25) is 0 Å². The summed E-state index contributed by atoms with van der Waals surface area (Å²) in [5.41, 5.74) is 10.1. The van der Waals surface area contributed by atoms with E-state index in [1.165, 1.54) is 11.1 Å². The molecule has 0 bridgehead atoms. The zero-order valence-electron chi connectivity index (χ0n) is 12.4. The van der Waals surface area contributed by atoms with Crippen molar-refractivity contribution in [2.45, 2.75) is 24.8 Å². The van der Waals surface area contributed by atoms with E-state index in [9.17, 15) is 5.11 Å². The highest BCUT2D eigenvalue weighted by molar-refractivity contribution is 5.89. The summed E-state index contributed by atoms with van der Waals surface area (Å²) in [6.07, 6.45) is 1.96. The van der Waals surface area contributed by atoms with E-state index in [2.05, 4.69) is 36.4 Å². The number of benzene rings is 3. The van der Waals surface area contributed by atoms with Crippen molar-refractivity contribution < 1.29 is 5.11 Å². The molecule has 1 aliphatic carbocycles. The molecule has 1 aliphatic rings. The van der Waals surface area contributed by atoms with Crippen LogP contribution in [0.1, 0.15) is 29.0 Å². The molecule has 2 atom stereocenters. The van der Waals surface area contributed by atoms with Crippen molar-refractivity contribution in [3.8, 4) is 5.75 Å². The minimum Gasteiger partial charge on any atom is -0.508 e. The van der Waals surface area contributed by atoms with Gasteiger partial charge in [-0.2, -0.15) is 0 Å². The lowest BCUT2D eigenvalue weighted by atomic mass is 9.74. The Balaban J connectivity index is 2.01. The predicted octanol–water partition coefficient (Wildman–Crippen LogP) is 3.95. The van der Waals surface area contributed by atoms with Crippen molar-refractivity contribution in [1.82, 2.24) is 0 Å². The summed E-state index contributed by atoms with van der Waals surface area (Å²) in [7, 11) is 0. The second-order valence-corrected chi connectivity index (χ2v) is 6.10. The number of hydrogen-bond acceptors (Lipinski definition) is 2. The molecule has 22 heavy (non-hydrogen) atoms. The van der Waals surface area contributed by atoms with Gasteiger partial charge in [0.15, 0.2) is 0 Å². The van der Waals surface area contributed by atoms with Crippen LogP contribution in [-0.4, -0.2) is 11.1 Å². The average Bonchev–Trinajstić information content (AvgIpc) is 2.56. The standard InChI is InChI=1S/C20H19NO/c21-17-11-9-13-5-1-3-7-15(13)19(17)20-16-8-4-2-6-14(16)10-12-18(20)22/h1-8,10,12,17,19,22H,9,11,21H2. The second-order valence-electron chi connectivity index (χ2n) is 6.10. The van der Waals surface area contributed by atoms with E-state index in [4.69, 9.17) is 5.73 Å². The number of rotatable bonds is 1. The van der Waals surface area contributed by atoms with E-state index in [-0.39, 0.29) is 12.0 Å². The number of phenols is 1. The molecule has 0 spiro atoms. The summed E-state index contributed by atoms with van der Waals surface area (Å²) in [5.74, 6) is 0.395. The topological polar surface area (TPSA) is 46.2 Å². The fourth-order valence-electron chi connectivity index (χ4n) is 3.77. The molecule has 0 heterocycles. The Morgan fingerprint density at radius 2 is 1.68 bits per heavy atom. The van der Waals surface area contributed by atoms with E-state index in [1.54, 1.807) is 6.07 Å². The minimum atomic E-state index is 0.0339. The summed E-state index contributed by atoms with van der Waals surface area (Å²) < 4.78 is 0. The van der Waals surface area contributed by atoms with Gasteiger partial charge in [-0.1, -0.05) is 54.6 Å². The summed E-state index contributed by atoms with van der Waals surface area (Å²) in [6.45, 7) is 0. The zero-order chi connectivity index (χ0) is 15.1. The number of aryl methyl sites for hydroxylation is 1. The van der Waals surface area contributed by atoms with Gasteiger partial charge in [-0.15, -0.1) is 0 Å². The van der Waals surface area contributed by atoms with Crippen LogP contribution in [0.4, 0.5) is 0 Å². The Morgan fingerprint density at radius 3 is 2.59 bits per heavy atom. The zero-order valence-corrected chi connectivity index (χ0v) is 12.4. The molecule has 0 aromatic heterocycles. The third kappa shape index (κ3) is 1.99. The lowest BCUT2D eigenvalue weighted by Gasteiger charge is -2.32. The fraction of sp³-hybridized carbons (Fsp3) is 0.200. The Bertz CT molecular complexity index is 840. The van der Waals surface area contributed by atoms with Crippen LogP contribution in [0.3, 0.4) is 0 Å². The summed E-state index contributed by atoms with van der Waals surface area (Å²) in [6, 6.07) is 20.5. The van der Waals surface area contributed by atoms with Crippen LogP contribution >= 0.6 is 0 Å². The summed E-state index contributed by atoms with van der Waals surface area (Å²) in [4.78, 5) is 0. The van der Waals surface area contributed by atoms with Crippen molar-refractivity contribution in [1.29, 1.82) is 0 Å². The summed E-state index contributed by atoms with van der Waals surface area (Å²) in [5, 5.41) is 12.8. The molecule has 2 heteroatoms. The molecule has 0 saturated heterocycles. The first-order valence-corrected chi connectivity index (χ1v) is 7.79. The molecule has 4 rings (SSSR count). The molecule has 2 nitrogen and oxygen atoms in total. The molecule has 0 fully saturated rings. The third-order valence-electron chi connectivity index (χ3n) is 4.82. The molecule has 3 aromatic rings. The van der Waals surface area contributed by atoms with Crippen molar-refractivity contribution in [3.05, 3.63) is 77.4 Å². The average molecular weight is 289 g/mol. The highest BCUT2D eigenvalue weighted by atomic mass is 16.3. The minimum absolute atomic E-state index is 0.0339. The number of aromatic hydroxyl groups is 1. The van der Waals surface area contributed by atoms with Gasteiger partial charge in [-0.05, 0) is 40.8 Å². The van der Waals surface area contributed by atoms with Crippen LogP contribution in [0.2, 0.25) is 0 Å². The molecule has 0 aliphatic heterocycles. The quantitative estimate of drug-likeness (QED) is 0.712. The second kappa shape index (κ2) is 5.15. The first-order valence-electron chi connectivity index (χ1n) is 7.79. The Kier molecular flexibility index (Phi) is 3.12. The van der Waals surface area contributed by atoms with Crippen molar-refractivity contribution in [2.75, 3.05) is 0 Å². The number of fused-ring (bicyclic) bond motifs is 2. The van der Waals surface area contributed by atoms with Gasteiger partial charge in [-0.3, -0.25) is 0 Å². The highest BCUT2D eigenvalue weighted by Crippen LogP contribution is 2.42. The van der Waals surface area contributed by atoms with Crippen molar-refractivity contribution >= 4 is 10.8 Å². The Labute approximate surface area is 130 Å². The van der Waals surface area contributed by atoms with E-state index >= 15 is 0 Å². The molecule has 0 saturated carbocycles. The van der Waals surface area contributed by atoms with E-state index in [0.29, 0.717) is 5.75 Å². The van der Waals surface area contributed by atoms with E-state index in [1.807, 2.05) is 18.2 Å². The van der Waals surface area contributed by atoms with Crippen LogP contribution < -0.4 is 5.73 Å². The van der Waals surface area contributed by atoms with Crippen LogP contribution in [0.25, 0.3) is 10.8 Å². The summed E-state index contributed by atoms with van der Waals surface area (Å²) >= 11 is 0. The number of phenolic OH excluding ortho intramolecular Hbond substituents is 1. The lowest BCUT2D eigenvalue weighted by molar-refractivity contribution is 0.449. The van der Waals surface area contributed by atoms with Gasteiger partial charge in [0.05, 0.1) is 0 Å². The SMILES string of the molecule is NC1CCc2ccccc2C1c1c(O)ccc2ccccc12. The lowest BCUT2D eigenvalue weighted by Crippen LogP contribution is -2.34. The van der Waals surface area contributed by atoms with Gasteiger partial charge >= 0.3 is 0 Å². The Hall–Kier alpha value is -2.32. The maximum atomic E-state index is 10.5. The number of hydrogen-bond donors (Lipinski definition) is 2. The maximum absolute atomic E-state index is 10.5. The van der Waals surface area contributed by atoms with Crippen LogP contribution in [0.15, 0.2) is 60.7 Å². The van der Waals surface area contributed by atoms with Gasteiger partial charge in [-0.25, -0.2) is 0 Å². The van der Waals surface area contributed by atoms with Gasteiger partial charge in [0, 0.05) is 17.5 Å². The molecule has 110 valence electrons. The van der Waals surface area contributed by atoms with Gasteiger partial charge in [0.25, 0.3) is 0 Å². The largest absolute Gasteiger partial charge is 0.508 e. The fourth-order valence-corrected chi connectivity index (χ4v) is 3.77. The molecule has 3 N–H and O–H groups in total. The Morgan fingerprint density at radius 1 is 0.909 bits per heavy atom. The first kappa shape index (κ1) is 13.4. The van der Waals surface area contributed by atoms with Crippen LogP contribution in [-0.2, 0) is 6.42 Å². The predicted molar refractivity (Wildman–Crippen MR) is 90.2 cm³/mol.